The smallest absolute Gasteiger partial charge is 0.0263 e. The maximum absolute atomic E-state index is 3.63. The Morgan fingerprint density at radius 3 is 1.15 bits per heavy atom. The molecule has 0 bridgehead atoms. The first kappa shape index (κ1) is 17.7. The minimum atomic E-state index is 1.08. The fourth-order valence-corrected chi connectivity index (χ4v) is 1.18. The Balaban J connectivity index is 0.000000289. The standard InChI is InChI=1S/2C8H8.C4H8/c2*1-2-8-6-4-3-5-7-8;1-3-4-2/h2*2-7H,1H2;3H,1,4H2,2H3. The summed E-state index contributed by atoms with van der Waals surface area (Å²) in [5.41, 5.74) is 2.35. The second-order valence-electron chi connectivity index (χ2n) is 3.93. The predicted molar refractivity (Wildman–Crippen MR) is 93.6 cm³/mol. The zero-order valence-corrected chi connectivity index (χ0v) is 12.3. The maximum atomic E-state index is 3.63. The van der Waals surface area contributed by atoms with Crippen molar-refractivity contribution >= 4 is 12.2 Å². The van der Waals surface area contributed by atoms with Gasteiger partial charge < -0.3 is 0 Å². The zero-order valence-electron chi connectivity index (χ0n) is 12.3. The molecule has 0 amide bonds. The molecule has 0 unspecified atom stereocenters. The fraction of sp³-hybridized carbons (Fsp3) is 0.100. The predicted octanol–water partition coefficient (Wildman–Crippen LogP) is 6.24. The SMILES string of the molecule is C=CCC.C=Cc1ccccc1.C=Cc1ccccc1. The molecule has 0 aromatic heterocycles. The lowest BCUT2D eigenvalue weighted by Gasteiger charge is -1.85. The first-order valence-corrected chi connectivity index (χ1v) is 6.74. The molecule has 0 aliphatic rings. The quantitative estimate of drug-likeness (QED) is 0.575. The van der Waals surface area contributed by atoms with Crippen molar-refractivity contribution in [1.82, 2.24) is 0 Å². The van der Waals surface area contributed by atoms with Crippen molar-refractivity contribution < 1.29 is 0 Å². The van der Waals surface area contributed by atoms with E-state index in [0.29, 0.717) is 0 Å². The van der Waals surface area contributed by atoms with Gasteiger partial charge in [-0.3, -0.25) is 0 Å². The molecular formula is C20H24. The van der Waals surface area contributed by atoms with Gasteiger partial charge in [-0.1, -0.05) is 99.0 Å². The number of benzene rings is 2. The molecule has 0 atom stereocenters. The monoisotopic (exact) mass is 264 g/mol. The van der Waals surface area contributed by atoms with Crippen molar-refractivity contribution in [3.8, 4) is 0 Å². The molecule has 20 heavy (non-hydrogen) atoms. The summed E-state index contributed by atoms with van der Waals surface area (Å²) in [4.78, 5) is 0. The molecule has 0 heterocycles. The van der Waals surface area contributed by atoms with E-state index < -0.39 is 0 Å². The Kier molecular flexibility index (Phi) is 11.6. The summed E-state index contributed by atoms with van der Waals surface area (Å²) in [5.74, 6) is 0. The summed E-state index contributed by atoms with van der Waals surface area (Å²) < 4.78 is 0. The second-order valence-corrected chi connectivity index (χ2v) is 3.93. The van der Waals surface area contributed by atoms with E-state index in [2.05, 4.69) is 26.7 Å². The highest BCUT2D eigenvalue weighted by Gasteiger charge is 1.76. The number of allylic oxidation sites excluding steroid dienone is 1. The highest BCUT2D eigenvalue weighted by atomic mass is 13.8. The van der Waals surface area contributed by atoms with Crippen LogP contribution in [0.15, 0.2) is 86.5 Å². The van der Waals surface area contributed by atoms with Crippen LogP contribution in [-0.4, -0.2) is 0 Å². The van der Waals surface area contributed by atoms with Crippen molar-refractivity contribution in [2.45, 2.75) is 13.3 Å². The van der Waals surface area contributed by atoms with E-state index >= 15 is 0 Å². The normalized spacial score (nSPS) is 8.05. The topological polar surface area (TPSA) is 0 Å². The van der Waals surface area contributed by atoms with Gasteiger partial charge in [0.25, 0.3) is 0 Å². The van der Waals surface area contributed by atoms with Crippen LogP contribution in [0, 0.1) is 0 Å². The molecule has 2 aromatic carbocycles. The highest BCUT2D eigenvalue weighted by molar-refractivity contribution is 5.46. The van der Waals surface area contributed by atoms with Gasteiger partial charge in [0.2, 0.25) is 0 Å². The minimum absolute atomic E-state index is 1.08. The van der Waals surface area contributed by atoms with Crippen molar-refractivity contribution in [3.05, 3.63) is 97.6 Å². The number of hydrogen-bond donors (Lipinski definition) is 0. The van der Waals surface area contributed by atoms with Crippen molar-refractivity contribution in [3.63, 3.8) is 0 Å². The molecule has 0 saturated carbocycles. The average molecular weight is 264 g/mol. The third kappa shape index (κ3) is 9.67. The molecule has 0 aliphatic heterocycles. The van der Waals surface area contributed by atoms with E-state index in [1.165, 1.54) is 11.1 Å². The van der Waals surface area contributed by atoms with E-state index in [1.807, 2.05) is 78.9 Å². The molecule has 2 rings (SSSR count). The largest absolute Gasteiger partial charge is 0.103 e. The first-order chi connectivity index (χ1) is 9.78. The maximum Gasteiger partial charge on any atom is -0.0263 e. The molecule has 0 saturated heterocycles. The molecule has 0 spiro atoms. The van der Waals surface area contributed by atoms with Gasteiger partial charge in [0, 0.05) is 0 Å². The van der Waals surface area contributed by atoms with E-state index in [9.17, 15) is 0 Å². The lowest BCUT2D eigenvalue weighted by atomic mass is 10.2. The summed E-state index contributed by atoms with van der Waals surface area (Å²) in [7, 11) is 0. The van der Waals surface area contributed by atoms with Crippen molar-refractivity contribution in [2.24, 2.45) is 0 Å². The van der Waals surface area contributed by atoms with E-state index in [1.54, 1.807) is 0 Å². The third-order valence-corrected chi connectivity index (χ3v) is 2.36. The molecule has 0 fully saturated rings. The third-order valence-electron chi connectivity index (χ3n) is 2.36. The molecule has 0 radical (unpaired) electrons. The van der Waals surface area contributed by atoms with Crippen LogP contribution in [0.25, 0.3) is 12.2 Å². The number of rotatable bonds is 3. The zero-order chi connectivity index (χ0) is 15.1. The van der Waals surface area contributed by atoms with Gasteiger partial charge in [-0.05, 0) is 17.5 Å². The molecule has 2 aromatic rings. The van der Waals surface area contributed by atoms with Gasteiger partial charge in [-0.15, -0.1) is 6.58 Å². The highest BCUT2D eigenvalue weighted by Crippen LogP contribution is 1.98. The van der Waals surface area contributed by atoms with Crippen LogP contribution in [0.1, 0.15) is 24.5 Å². The van der Waals surface area contributed by atoms with Gasteiger partial charge in [0.15, 0.2) is 0 Å². The van der Waals surface area contributed by atoms with Crippen LogP contribution in [-0.2, 0) is 0 Å². The van der Waals surface area contributed by atoms with E-state index in [4.69, 9.17) is 0 Å². The van der Waals surface area contributed by atoms with Crippen molar-refractivity contribution in [1.29, 1.82) is 0 Å². The van der Waals surface area contributed by atoms with Crippen LogP contribution in [0.3, 0.4) is 0 Å². The van der Waals surface area contributed by atoms with Crippen molar-refractivity contribution in [2.75, 3.05) is 0 Å². The average Bonchev–Trinajstić information content (AvgIpc) is 2.57. The summed E-state index contributed by atoms with van der Waals surface area (Å²) in [5, 5.41) is 0. The van der Waals surface area contributed by atoms with Crippen LogP contribution in [0.4, 0.5) is 0 Å². The van der Waals surface area contributed by atoms with Gasteiger partial charge in [-0.2, -0.15) is 0 Å². The van der Waals surface area contributed by atoms with Crippen LogP contribution in [0.5, 0.6) is 0 Å². The molecule has 0 nitrogen and oxygen atoms in total. The molecule has 0 N–H and O–H groups in total. The minimum Gasteiger partial charge on any atom is -0.103 e. The Hall–Kier alpha value is -2.34. The van der Waals surface area contributed by atoms with Gasteiger partial charge >= 0.3 is 0 Å². The van der Waals surface area contributed by atoms with E-state index in [-0.39, 0.29) is 0 Å². The van der Waals surface area contributed by atoms with Gasteiger partial charge in [-0.25, -0.2) is 0 Å². The lowest BCUT2D eigenvalue weighted by molar-refractivity contribution is 1.23. The van der Waals surface area contributed by atoms with Gasteiger partial charge in [0.1, 0.15) is 0 Å². The van der Waals surface area contributed by atoms with Crippen LogP contribution < -0.4 is 0 Å². The Morgan fingerprint density at radius 2 is 1.00 bits per heavy atom. The Bertz CT molecular complexity index is 422. The molecule has 0 heteroatoms. The Morgan fingerprint density at radius 1 is 0.700 bits per heavy atom. The molecule has 0 aliphatic carbocycles. The molecular weight excluding hydrogens is 240 g/mol. The summed E-state index contributed by atoms with van der Waals surface area (Å²) in [6.45, 7) is 12.8. The van der Waals surface area contributed by atoms with Crippen LogP contribution >= 0.6 is 0 Å². The lowest BCUT2D eigenvalue weighted by Crippen LogP contribution is -1.63. The van der Waals surface area contributed by atoms with E-state index in [0.717, 1.165) is 6.42 Å². The van der Waals surface area contributed by atoms with Crippen LogP contribution in [0.2, 0.25) is 0 Å². The second kappa shape index (κ2) is 13.1. The number of hydrogen-bond acceptors (Lipinski definition) is 0. The summed E-state index contributed by atoms with van der Waals surface area (Å²) in [6.07, 6.45) is 6.62. The first-order valence-electron chi connectivity index (χ1n) is 6.74. The Labute approximate surface area is 123 Å². The van der Waals surface area contributed by atoms with Gasteiger partial charge in [0.05, 0.1) is 0 Å². The summed E-state index contributed by atoms with van der Waals surface area (Å²) in [6, 6.07) is 20.1. The fourth-order valence-electron chi connectivity index (χ4n) is 1.18. The summed E-state index contributed by atoms with van der Waals surface area (Å²) >= 11 is 0. The molecule has 104 valence electrons.